The molecular formula is C16H27N5O. The van der Waals surface area contributed by atoms with E-state index in [2.05, 4.69) is 20.2 Å². The fourth-order valence-electron chi connectivity index (χ4n) is 2.81. The monoisotopic (exact) mass is 305 g/mol. The predicted octanol–water partition coefficient (Wildman–Crippen LogP) is 1.67. The zero-order chi connectivity index (χ0) is 16.3. The molecule has 1 fully saturated rings. The number of nitrogens with zero attached hydrogens (tertiary/aromatic N) is 4. The summed E-state index contributed by atoms with van der Waals surface area (Å²) in [5.74, 6) is 1.90. The van der Waals surface area contributed by atoms with Crippen LogP contribution in [0.4, 0.5) is 11.6 Å². The van der Waals surface area contributed by atoms with Crippen molar-refractivity contribution in [2.45, 2.75) is 39.7 Å². The molecule has 0 aromatic carbocycles. The number of carbonyl (C=O) groups excluding carboxylic acids is 1. The van der Waals surface area contributed by atoms with Gasteiger partial charge in [-0.3, -0.25) is 4.79 Å². The van der Waals surface area contributed by atoms with E-state index in [0.717, 1.165) is 31.0 Å². The Balaban J connectivity index is 2.16. The minimum Gasteiger partial charge on any atom is -0.363 e. The Labute approximate surface area is 132 Å². The Kier molecular flexibility index (Phi) is 4.88. The zero-order valence-corrected chi connectivity index (χ0v) is 14.3. The molecule has 1 saturated heterocycles. The Morgan fingerprint density at radius 3 is 2.77 bits per heavy atom. The smallest absolute Gasteiger partial charge is 0.227 e. The van der Waals surface area contributed by atoms with Gasteiger partial charge in [0.1, 0.15) is 18.0 Å². The summed E-state index contributed by atoms with van der Waals surface area (Å²) < 4.78 is 0. The number of hydrogen-bond donors (Lipinski definition) is 1. The lowest BCUT2D eigenvalue weighted by atomic mass is 9.80. The summed E-state index contributed by atoms with van der Waals surface area (Å²) in [6.07, 6.45) is 3.49. The van der Waals surface area contributed by atoms with Crippen LogP contribution in [0.5, 0.6) is 0 Å². The minimum absolute atomic E-state index is 0.133. The van der Waals surface area contributed by atoms with Gasteiger partial charge in [-0.2, -0.15) is 0 Å². The van der Waals surface area contributed by atoms with Crippen LogP contribution in [0, 0.1) is 5.41 Å². The van der Waals surface area contributed by atoms with E-state index in [1.54, 1.807) is 6.33 Å². The number of hydrogen-bond acceptors (Lipinski definition) is 5. The molecule has 0 spiro atoms. The molecule has 6 heteroatoms. The molecule has 1 N–H and O–H groups in total. The largest absolute Gasteiger partial charge is 0.363 e. The molecule has 1 aromatic heterocycles. The number of nitrogens with one attached hydrogen (secondary N) is 1. The van der Waals surface area contributed by atoms with Crippen molar-refractivity contribution in [2.24, 2.45) is 5.41 Å². The third-order valence-corrected chi connectivity index (χ3v) is 4.08. The van der Waals surface area contributed by atoms with Gasteiger partial charge in [0.05, 0.1) is 5.41 Å². The summed E-state index contributed by atoms with van der Waals surface area (Å²) in [6, 6.07) is 2.14. The number of rotatable bonds is 4. The highest BCUT2D eigenvalue weighted by atomic mass is 16.2. The molecule has 0 radical (unpaired) electrons. The molecule has 1 aromatic rings. The van der Waals surface area contributed by atoms with E-state index < -0.39 is 0 Å². The minimum atomic E-state index is -0.369. The Morgan fingerprint density at radius 2 is 2.14 bits per heavy atom. The third kappa shape index (κ3) is 3.67. The van der Waals surface area contributed by atoms with Gasteiger partial charge in [0, 0.05) is 39.3 Å². The second kappa shape index (κ2) is 6.50. The molecule has 0 aliphatic carbocycles. The van der Waals surface area contributed by atoms with Gasteiger partial charge in [-0.05, 0) is 33.6 Å². The van der Waals surface area contributed by atoms with Crippen molar-refractivity contribution < 1.29 is 4.79 Å². The van der Waals surface area contributed by atoms with Gasteiger partial charge in [0.15, 0.2) is 0 Å². The lowest BCUT2D eigenvalue weighted by molar-refractivity contribution is -0.131. The van der Waals surface area contributed by atoms with Gasteiger partial charge in [0.25, 0.3) is 0 Å². The summed E-state index contributed by atoms with van der Waals surface area (Å²) >= 11 is 0. The van der Waals surface area contributed by atoms with Crippen molar-refractivity contribution in [3.8, 4) is 0 Å². The van der Waals surface area contributed by atoms with E-state index in [9.17, 15) is 4.79 Å². The van der Waals surface area contributed by atoms with Crippen molar-refractivity contribution in [1.82, 2.24) is 15.3 Å². The molecule has 2 rings (SSSR count). The molecular weight excluding hydrogens is 278 g/mol. The Hall–Kier alpha value is -1.85. The van der Waals surface area contributed by atoms with E-state index in [4.69, 9.17) is 0 Å². The fraction of sp³-hybridized carbons (Fsp3) is 0.688. The molecule has 1 aliphatic heterocycles. The fourth-order valence-corrected chi connectivity index (χ4v) is 2.81. The maximum atomic E-state index is 12.5. The van der Waals surface area contributed by atoms with Crippen LogP contribution in [0.25, 0.3) is 0 Å². The van der Waals surface area contributed by atoms with Crippen molar-refractivity contribution in [3.05, 3.63) is 12.4 Å². The van der Waals surface area contributed by atoms with E-state index in [-0.39, 0.29) is 17.4 Å². The lowest BCUT2D eigenvalue weighted by Gasteiger charge is -2.40. The van der Waals surface area contributed by atoms with E-state index in [1.807, 2.05) is 45.8 Å². The van der Waals surface area contributed by atoms with Crippen LogP contribution in [0.3, 0.4) is 0 Å². The molecule has 122 valence electrons. The number of amides is 1. The zero-order valence-electron chi connectivity index (χ0n) is 14.3. The van der Waals surface area contributed by atoms with E-state index in [1.165, 1.54) is 0 Å². The van der Waals surface area contributed by atoms with E-state index >= 15 is 0 Å². The quantitative estimate of drug-likeness (QED) is 0.917. The number of anilines is 2. The summed E-state index contributed by atoms with van der Waals surface area (Å²) in [5, 5.41) is 3.05. The van der Waals surface area contributed by atoms with Gasteiger partial charge in [-0.1, -0.05) is 0 Å². The SMILES string of the molecule is CC(C)NC(=O)[C@]1(C)CCCN(c2cc(N(C)C)ncn2)C1. The molecule has 0 bridgehead atoms. The third-order valence-electron chi connectivity index (χ3n) is 4.08. The van der Waals surface area contributed by atoms with Crippen molar-refractivity contribution >= 4 is 17.5 Å². The second-order valence-electron chi connectivity index (χ2n) is 6.84. The van der Waals surface area contributed by atoms with Crippen LogP contribution in [0.15, 0.2) is 12.4 Å². The van der Waals surface area contributed by atoms with E-state index in [0.29, 0.717) is 6.54 Å². The average molecular weight is 305 g/mol. The number of piperidine rings is 1. The van der Waals surface area contributed by atoms with Crippen LogP contribution in [-0.4, -0.2) is 49.1 Å². The standard InChI is InChI=1S/C16H27N5O/c1-12(2)19-15(22)16(3)7-6-8-21(10-16)14-9-13(20(4)5)17-11-18-14/h9,11-12H,6-8,10H2,1-5H3,(H,19,22)/t16-/m1/s1. The van der Waals surface area contributed by atoms with Crippen LogP contribution in [0.1, 0.15) is 33.6 Å². The molecule has 0 saturated carbocycles. The molecule has 22 heavy (non-hydrogen) atoms. The maximum Gasteiger partial charge on any atom is 0.227 e. The Bertz CT molecular complexity index is 531. The highest BCUT2D eigenvalue weighted by Crippen LogP contribution is 2.32. The van der Waals surface area contributed by atoms with Crippen molar-refractivity contribution in [3.63, 3.8) is 0 Å². The van der Waals surface area contributed by atoms with Crippen LogP contribution >= 0.6 is 0 Å². The van der Waals surface area contributed by atoms with Crippen molar-refractivity contribution in [2.75, 3.05) is 37.0 Å². The molecule has 2 heterocycles. The van der Waals surface area contributed by atoms with Crippen LogP contribution < -0.4 is 15.1 Å². The molecule has 1 aliphatic rings. The summed E-state index contributed by atoms with van der Waals surface area (Å²) in [5.41, 5.74) is -0.369. The number of carbonyl (C=O) groups is 1. The van der Waals surface area contributed by atoms with Gasteiger partial charge in [-0.15, -0.1) is 0 Å². The lowest BCUT2D eigenvalue weighted by Crippen LogP contribution is -2.52. The molecule has 0 unspecified atom stereocenters. The summed E-state index contributed by atoms with van der Waals surface area (Å²) in [4.78, 5) is 25.3. The average Bonchev–Trinajstić information content (AvgIpc) is 2.46. The predicted molar refractivity (Wildman–Crippen MR) is 89.2 cm³/mol. The Morgan fingerprint density at radius 1 is 1.41 bits per heavy atom. The van der Waals surface area contributed by atoms with Crippen LogP contribution in [-0.2, 0) is 4.79 Å². The van der Waals surface area contributed by atoms with Crippen LogP contribution in [0.2, 0.25) is 0 Å². The van der Waals surface area contributed by atoms with Gasteiger partial charge < -0.3 is 15.1 Å². The summed E-state index contributed by atoms with van der Waals surface area (Å²) in [6.45, 7) is 7.65. The van der Waals surface area contributed by atoms with Gasteiger partial charge >= 0.3 is 0 Å². The molecule has 1 atom stereocenters. The topological polar surface area (TPSA) is 61.4 Å². The van der Waals surface area contributed by atoms with Gasteiger partial charge in [0.2, 0.25) is 5.91 Å². The van der Waals surface area contributed by atoms with Gasteiger partial charge in [-0.25, -0.2) is 9.97 Å². The first-order valence-electron chi connectivity index (χ1n) is 7.87. The maximum absolute atomic E-state index is 12.5. The summed E-state index contributed by atoms with van der Waals surface area (Å²) in [7, 11) is 3.92. The normalized spacial score (nSPS) is 21.8. The number of aromatic nitrogens is 2. The first-order valence-corrected chi connectivity index (χ1v) is 7.87. The first-order chi connectivity index (χ1) is 10.3. The molecule has 6 nitrogen and oxygen atoms in total. The highest BCUT2D eigenvalue weighted by molar-refractivity contribution is 5.83. The molecule has 1 amide bonds. The van der Waals surface area contributed by atoms with Crippen molar-refractivity contribution in [1.29, 1.82) is 0 Å². The first kappa shape index (κ1) is 16.5. The second-order valence-corrected chi connectivity index (χ2v) is 6.84. The highest BCUT2D eigenvalue weighted by Gasteiger charge is 2.38.